The maximum absolute atomic E-state index is 6.08. The molecule has 0 spiro atoms. The molecule has 1 heterocycles. The van der Waals surface area contributed by atoms with E-state index in [1.807, 2.05) is 11.8 Å². The fraction of sp³-hybridized carbons (Fsp3) is 0.400. The molecule has 0 saturated heterocycles. The fourth-order valence-electron chi connectivity index (χ4n) is 2.57. The van der Waals surface area contributed by atoms with Crippen molar-refractivity contribution in [3.05, 3.63) is 64.7 Å². The van der Waals surface area contributed by atoms with E-state index < -0.39 is 0 Å². The van der Waals surface area contributed by atoms with Crippen molar-refractivity contribution < 1.29 is 0 Å². The Labute approximate surface area is 139 Å². The molecule has 1 aliphatic heterocycles. The summed E-state index contributed by atoms with van der Waals surface area (Å²) in [7, 11) is 0. The maximum atomic E-state index is 6.08. The van der Waals surface area contributed by atoms with Crippen LogP contribution in [0.2, 0.25) is 0 Å². The van der Waals surface area contributed by atoms with Gasteiger partial charge in [-0.05, 0) is 29.7 Å². The van der Waals surface area contributed by atoms with Gasteiger partial charge in [0.1, 0.15) is 0 Å². The van der Waals surface area contributed by atoms with Crippen LogP contribution in [0.3, 0.4) is 0 Å². The first-order valence-electron chi connectivity index (χ1n) is 8.15. The molecule has 2 aromatic rings. The van der Waals surface area contributed by atoms with Gasteiger partial charge in [-0.1, -0.05) is 69.2 Å². The van der Waals surface area contributed by atoms with Crippen molar-refractivity contribution >= 4 is 11.8 Å². The highest BCUT2D eigenvalue weighted by Crippen LogP contribution is 2.39. The lowest BCUT2D eigenvalue weighted by Crippen LogP contribution is -2.08. The van der Waals surface area contributed by atoms with Crippen LogP contribution < -0.4 is 5.73 Å². The lowest BCUT2D eigenvalue weighted by molar-refractivity contribution is 0.827. The average Bonchev–Trinajstić information content (AvgIpc) is 2.89. The van der Waals surface area contributed by atoms with E-state index in [2.05, 4.69) is 70.2 Å². The van der Waals surface area contributed by atoms with Crippen LogP contribution in [0.5, 0.6) is 0 Å². The summed E-state index contributed by atoms with van der Waals surface area (Å²) < 4.78 is 0. The average molecular weight is 314 g/mol. The van der Waals surface area contributed by atoms with E-state index in [9.17, 15) is 0 Å². The summed E-state index contributed by atoms with van der Waals surface area (Å²) >= 11 is 1.88. The van der Waals surface area contributed by atoms with Crippen molar-refractivity contribution in [2.24, 2.45) is 5.73 Å². The number of rotatable bonds is 2. The van der Waals surface area contributed by atoms with Crippen LogP contribution in [0, 0.1) is 6.92 Å². The Morgan fingerprint density at radius 3 is 2.32 bits per heavy atom. The first-order valence-corrected chi connectivity index (χ1v) is 9.14. The molecular formula is C20H27NS. The molecule has 2 atom stereocenters. The normalized spacial score (nSPS) is 17.4. The zero-order valence-electron chi connectivity index (χ0n) is 14.1. The van der Waals surface area contributed by atoms with Gasteiger partial charge in [-0.2, -0.15) is 0 Å². The number of fused-ring (bicyclic) bond motifs is 1. The van der Waals surface area contributed by atoms with Crippen LogP contribution in [0.25, 0.3) is 0 Å². The van der Waals surface area contributed by atoms with E-state index in [0.29, 0.717) is 5.92 Å². The lowest BCUT2D eigenvalue weighted by atomic mass is 9.91. The molecule has 2 unspecified atom stereocenters. The molecule has 22 heavy (non-hydrogen) atoms. The third-order valence-corrected chi connectivity index (χ3v) is 5.12. The number of benzene rings is 2. The number of nitrogens with two attached hydrogens (primary N) is 1. The smallest absolute Gasteiger partial charge is 0.0401 e. The summed E-state index contributed by atoms with van der Waals surface area (Å²) in [5.74, 6) is 1.45. The van der Waals surface area contributed by atoms with Gasteiger partial charge in [-0.3, -0.25) is 0 Å². The van der Waals surface area contributed by atoms with Crippen LogP contribution >= 0.6 is 11.8 Å². The monoisotopic (exact) mass is 313 g/mol. The predicted octanol–water partition coefficient (Wildman–Crippen LogP) is 5.67. The van der Waals surface area contributed by atoms with Crippen LogP contribution in [-0.4, -0.2) is 5.75 Å². The molecule has 0 radical (unpaired) electrons. The molecule has 0 aliphatic carbocycles. The Morgan fingerprint density at radius 1 is 1.09 bits per heavy atom. The van der Waals surface area contributed by atoms with Crippen LogP contribution in [-0.2, 0) is 0 Å². The summed E-state index contributed by atoms with van der Waals surface area (Å²) in [5, 5.41) is 0. The van der Waals surface area contributed by atoms with Gasteiger partial charge in [0.15, 0.2) is 0 Å². The van der Waals surface area contributed by atoms with Gasteiger partial charge in [0, 0.05) is 22.6 Å². The van der Waals surface area contributed by atoms with Crippen molar-refractivity contribution in [1.29, 1.82) is 0 Å². The van der Waals surface area contributed by atoms with Crippen molar-refractivity contribution in [1.82, 2.24) is 0 Å². The second-order valence-electron chi connectivity index (χ2n) is 6.05. The van der Waals surface area contributed by atoms with Gasteiger partial charge in [-0.25, -0.2) is 0 Å². The fourth-order valence-corrected chi connectivity index (χ4v) is 3.71. The predicted molar refractivity (Wildman–Crippen MR) is 98.8 cm³/mol. The number of aryl methyl sites for hydroxylation is 1. The van der Waals surface area contributed by atoms with E-state index in [4.69, 9.17) is 5.73 Å². The highest BCUT2D eigenvalue weighted by Gasteiger charge is 2.20. The summed E-state index contributed by atoms with van der Waals surface area (Å²) in [6.45, 7) is 8.65. The van der Waals surface area contributed by atoms with E-state index in [1.165, 1.54) is 33.6 Å². The summed E-state index contributed by atoms with van der Waals surface area (Å²) in [5.41, 5.74) is 11.5. The number of hydrogen-bond acceptors (Lipinski definition) is 2. The second-order valence-corrected chi connectivity index (χ2v) is 7.12. The first-order chi connectivity index (χ1) is 10.6. The van der Waals surface area contributed by atoms with Crippen LogP contribution in [0.4, 0.5) is 0 Å². The summed E-state index contributed by atoms with van der Waals surface area (Å²) in [6.07, 6.45) is 1.25. The Hall–Kier alpha value is -1.25. The Bertz CT molecular complexity index is 604. The molecule has 0 aromatic heterocycles. The molecule has 3 rings (SSSR count). The Morgan fingerprint density at radius 2 is 1.68 bits per heavy atom. The SMILES string of the molecule is CCC.Cc1ccc(C(C)c2ccc3c(c2)SCC3N)cc1. The minimum Gasteiger partial charge on any atom is -0.323 e. The van der Waals surface area contributed by atoms with Gasteiger partial charge in [0.2, 0.25) is 0 Å². The third kappa shape index (κ3) is 3.93. The molecule has 0 fully saturated rings. The second kappa shape index (κ2) is 7.85. The van der Waals surface area contributed by atoms with Crippen molar-refractivity contribution in [3.8, 4) is 0 Å². The Kier molecular flexibility index (Phi) is 6.10. The minimum atomic E-state index is 0.212. The molecular weight excluding hydrogens is 286 g/mol. The van der Waals surface area contributed by atoms with E-state index in [1.54, 1.807) is 0 Å². The topological polar surface area (TPSA) is 26.0 Å². The molecule has 2 N–H and O–H groups in total. The number of hydrogen-bond donors (Lipinski definition) is 1. The molecule has 2 aromatic carbocycles. The quantitative estimate of drug-likeness (QED) is 0.773. The highest BCUT2D eigenvalue weighted by molar-refractivity contribution is 7.99. The van der Waals surface area contributed by atoms with Gasteiger partial charge >= 0.3 is 0 Å². The van der Waals surface area contributed by atoms with Crippen molar-refractivity contribution in [3.63, 3.8) is 0 Å². The lowest BCUT2D eigenvalue weighted by Gasteiger charge is -2.14. The zero-order valence-corrected chi connectivity index (χ0v) is 14.9. The molecule has 0 saturated carbocycles. The molecule has 0 bridgehead atoms. The van der Waals surface area contributed by atoms with Gasteiger partial charge < -0.3 is 5.73 Å². The zero-order chi connectivity index (χ0) is 16.1. The van der Waals surface area contributed by atoms with Gasteiger partial charge in [0.05, 0.1) is 0 Å². The van der Waals surface area contributed by atoms with Crippen molar-refractivity contribution in [2.75, 3.05) is 5.75 Å². The Balaban J connectivity index is 0.000000545. The maximum Gasteiger partial charge on any atom is 0.0401 e. The molecule has 1 aliphatic rings. The first kappa shape index (κ1) is 17.1. The van der Waals surface area contributed by atoms with E-state index >= 15 is 0 Å². The number of thioether (sulfide) groups is 1. The largest absolute Gasteiger partial charge is 0.323 e. The molecule has 0 amide bonds. The van der Waals surface area contributed by atoms with Crippen LogP contribution in [0.1, 0.15) is 61.4 Å². The van der Waals surface area contributed by atoms with Gasteiger partial charge in [0.25, 0.3) is 0 Å². The van der Waals surface area contributed by atoms with Crippen LogP contribution in [0.15, 0.2) is 47.4 Å². The summed E-state index contributed by atoms with van der Waals surface area (Å²) in [4.78, 5) is 1.36. The standard InChI is InChI=1S/C17H19NS.C3H8/c1-11-3-5-13(6-4-11)12(2)14-7-8-15-16(18)10-19-17(15)9-14;1-3-2/h3-9,12,16H,10,18H2,1-2H3;3H2,1-2H3. The molecule has 118 valence electrons. The van der Waals surface area contributed by atoms with Crippen molar-refractivity contribution in [2.45, 2.75) is 51.0 Å². The highest BCUT2D eigenvalue weighted by atomic mass is 32.2. The molecule has 2 heteroatoms. The van der Waals surface area contributed by atoms with E-state index in [0.717, 1.165) is 5.75 Å². The van der Waals surface area contributed by atoms with E-state index in [-0.39, 0.29) is 6.04 Å². The van der Waals surface area contributed by atoms with Gasteiger partial charge in [-0.15, -0.1) is 11.8 Å². The minimum absolute atomic E-state index is 0.212. The molecule has 1 nitrogen and oxygen atoms in total. The summed E-state index contributed by atoms with van der Waals surface area (Å²) in [6, 6.07) is 15.8. The third-order valence-electron chi connectivity index (χ3n) is 3.93.